The Balaban J connectivity index is 2.43. The number of aliphatic hydroxyl groups is 1. The van der Waals surface area contributed by atoms with Gasteiger partial charge in [0, 0.05) is 0 Å². The highest BCUT2D eigenvalue weighted by Gasteiger charge is 2.20. The van der Waals surface area contributed by atoms with Crippen LogP contribution in [0.1, 0.15) is 5.56 Å². The number of rotatable bonds is 4. The number of hydrogen-bond donors (Lipinski definition) is 2. The largest absolute Gasteiger partial charge is 0.392 e. The van der Waals surface area contributed by atoms with Crippen molar-refractivity contribution in [2.45, 2.75) is 11.5 Å². The summed E-state index contributed by atoms with van der Waals surface area (Å²) in [7, 11) is -4.01. The number of nitrogens with one attached hydrogen (secondary N) is 1. The van der Waals surface area contributed by atoms with Crippen molar-refractivity contribution in [2.75, 3.05) is 4.72 Å². The highest BCUT2D eigenvalue weighted by Crippen LogP contribution is 2.28. The first-order valence-electron chi connectivity index (χ1n) is 5.70. The zero-order chi connectivity index (χ0) is 15.6. The molecule has 0 fully saturated rings. The van der Waals surface area contributed by atoms with E-state index in [1.807, 2.05) is 0 Å². The van der Waals surface area contributed by atoms with E-state index in [0.717, 1.165) is 12.1 Å². The summed E-state index contributed by atoms with van der Waals surface area (Å²) >= 11 is 11.7. The Labute approximate surface area is 131 Å². The monoisotopic (exact) mass is 349 g/mol. The Bertz CT molecular complexity index is 781. The van der Waals surface area contributed by atoms with Gasteiger partial charge in [-0.15, -0.1) is 0 Å². The highest BCUT2D eigenvalue weighted by atomic mass is 35.5. The maximum absolute atomic E-state index is 13.0. The van der Waals surface area contributed by atoms with Crippen molar-refractivity contribution in [1.29, 1.82) is 0 Å². The van der Waals surface area contributed by atoms with Crippen LogP contribution in [-0.4, -0.2) is 13.5 Å². The lowest BCUT2D eigenvalue weighted by Gasteiger charge is -2.11. The number of hydrogen-bond acceptors (Lipinski definition) is 3. The van der Waals surface area contributed by atoms with Gasteiger partial charge >= 0.3 is 0 Å². The summed E-state index contributed by atoms with van der Waals surface area (Å²) in [6, 6.07) is 7.40. The molecule has 2 rings (SSSR count). The minimum Gasteiger partial charge on any atom is -0.392 e. The van der Waals surface area contributed by atoms with Gasteiger partial charge in [0.1, 0.15) is 10.7 Å². The maximum Gasteiger partial charge on any atom is 0.263 e. The molecule has 0 unspecified atom stereocenters. The van der Waals surface area contributed by atoms with Gasteiger partial charge in [0.2, 0.25) is 0 Å². The normalized spacial score (nSPS) is 11.4. The third-order valence-corrected chi connectivity index (χ3v) is 4.80. The van der Waals surface area contributed by atoms with E-state index < -0.39 is 15.8 Å². The molecule has 2 N–H and O–H groups in total. The van der Waals surface area contributed by atoms with Crippen LogP contribution in [0.5, 0.6) is 0 Å². The van der Waals surface area contributed by atoms with Gasteiger partial charge in [-0.05, 0) is 35.9 Å². The van der Waals surface area contributed by atoms with Crippen molar-refractivity contribution >= 4 is 38.9 Å². The Morgan fingerprint density at radius 2 is 1.81 bits per heavy atom. The van der Waals surface area contributed by atoms with Crippen LogP contribution in [-0.2, 0) is 16.6 Å². The summed E-state index contributed by atoms with van der Waals surface area (Å²) in [4.78, 5) is -0.198. The zero-order valence-electron chi connectivity index (χ0n) is 10.5. The van der Waals surface area contributed by atoms with E-state index in [-0.39, 0.29) is 27.2 Å². The summed E-state index contributed by atoms with van der Waals surface area (Å²) in [6.45, 7) is -0.322. The first-order chi connectivity index (χ1) is 9.83. The Morgan fingerprint density at radius 1 is 1.10 bits per heavy atom. The van der Waals surface area contributed by atoms with Crippen molar-refractivity contribution in [2.24, 2.45) is 0 Å². The van der Waals surface area contributed by atoms with Gasteiger partial charge in [0.15, 0.2) is 0 Å². The minimum atomic E-state index is -4.01. The summed E-state index contributed by atoms with van der Waals surface area (Å²) < 4.78 is 39.8. The first kappa shape index (κ1) is 16.0. The molecule has 0 saturated carbocycles. The second kappa shape index (κ2) is 6.19. The maximum atomic E-state index is 13.0. The van der Waals surface area contributed by atoms with Crippen molar-refractivity contribution in [3.05, 3.63) is 57.8 Å². The van der Waals surface area contributed by atoms with Crippen LogP contribution < -0.4 is 4.72 Å². The van der Waals surface area contributed by atoms with Crippen LogP contribution in [0.4, 0.5) is 10.1 Å². The molecule has 0 spiro atoms. The molecule has 21 heavy (non-hydrogen) atoms. The standard InChI is InChI=1S/C13H10Cl2FNO3S/c14-10-3-1-8(7-18)5-13(10)21(19,20)17-12-4-2-9(16)6-11(12)15/h1-6,17-18H,7H2. The van der Waals surface area contributed by atoms with Gasteiger partial charge < -0.3 is 5.11 Å². The Kier molecular flexibility index (Phi) is 4.73. The van der Waals surface area contributed by atoms with Gasteiger partial charge in [0.05, 0.1) is 22.3 Å². The van der Waals surface area contributed by atoms with Crippen LogP contribution in [0.3, 0.4) is 0 Å². The number of sulfonamides is 1. The smallest absolute Gasteiger partial charge is 0.263 e. The van der Waals surface area contributed by atoms with Crippen LogP contribution >= 0.6 is 23.2 Å². The van der Waals surface area contributed by atoms with E-state index in [9.17, 15) is 12.8 Å². The summed E-state index contributed by atoms with van der Waals surface area (Å²) in [5, 5.41) is 8.98. The second-order valence-electron chi connectivity index (χ2n) is 4.15. The van der Waals surface area contributed by atoms with E-state index in [2.05, 4.69) is 4.72 Å². The van der Waals surface area contributed by atoms with Crippen LogP contribution in [0.15, 0.2) is 41.3 Å². The minimum absolute atomic E-state index is 0.00191. The lowest BCUT2D eigenvalue weighted by molar-refractivity contribution is 0.281. The predicted molar refractivity (Wildman–Crippen MR) is 79.6 cm³/mol. The molecule has 2 aromatic rings. The van der Waals surface area contributed by atoms with Crippen LogP contribution in [0.25, 0.3) is 0 Å². The predicted octanol–water partition coefficient (Wildman–Crippen LogP) is 3.43. The molecule has 0 aliphatic rings. The molecule has 0 aliphatic carbocycles. The summed E-state index contributed by atoms with van der Waals surface area (Å²) in [5.41, 5.74) is 0.425. The van der Waals surface area contributed by atoms with E-state index >= 15 is 0 Å². The number of aliphatic hydroxyl groups excluding tert-OH is 1. The van der Waals surface area contributed by atoms with E-state index in [0.29, 0.717) is 5.56 Å². The molecule has 0 radical (unpaired) electrons. The number of halogens is 3. The molecule has 0 bridgehead atoms. The first-order valence-corrected chi connectivity index (χ1v) is 7.94. The second-order valence-corrected chi connectivity index (χ2v) is 6.62. The van der Waals surface area contributed by atoms with Crippen molar-refractivity contribution < 1.29 is 17.9 Å². The Morgan fingerprint density at radius 3 is 2.43 bits per heavy atom. The van der Waals surface area contributed by atoms with Crippen LogP contribution in [0.2, 0.25) is 10.0 Å². The molecule has 112 valence electrons. The van der Waals surface area contributed by atoms with Gasteiger partial charge in [-0.25, -0.2) is 12.8 Å². The third-order valence-electron chi connectivity index (χ3n) is 2.64. The molecule has 0 aliphatic heterocycles. The van der Waals surface area contributed by atoms with Gasteiger partial charge in [-0.3, -0.25) is 4.72 Å². The SMILES string of the molecule is O=S(=O)(Nc1ccc(F)cc1Cl)c1cc(CO)ccc1Cl. The van der Waals surface area contributed by atoms with Gasteiger partial charge in [-0.2, -0.15) is 0 Å². The Hall–Kier alpha value is -1.34. The molecule has 4 nitrogen and oxygen atoms in total. The zero-order valence-corrected chi connectivity index (χ0v) is 12.8. The molecule has 0 saturated heterocycles. The topological polar surface area (TPSA) is 66.4 Å². The highest BCUT2D eigenvalue weighted by molar-refractivity contribution is 7.92. The fraction of sp³-hybridized carbons (Fsp3) is 0.0769. The summed E-state index contributed by atoms with van der Waals surface area (Å²) in [6.07, 6.45) is 0. The fourth-order valence-corrected chi connectivity index (χ4v) is 3.53. The van der Waals surface area contributed by atoms with Gasteiger partial charge in [0.25, 0.3) is 10.0 Å². The van der Waals surface area contributed by atoms with Gasteiger partial charge in [-0.1, -0.05) is 29.3 Å². The molecule has 8 heteroatoms. The van der Waals surface area contributed by atoms with Crippen molar-refractivity contribution in [1.82, 2.24) is 0 Å². The number of benzene rings is 2. The van der Waals surface area contributed by atoms with E-state index in [1.165, 1.54) is 24.3 Å². The quantitative estimate of drug-likeness (QED) is 0.888. The fourth-order valence-electron chi connectivity index (χ4n) is 1.62. The lowest BCUT2D eigenvalue weighted by Crippen LogP contribution is -2.14. The molecule has 0 amide bonds. The molecular weight excluding hydrogens is 340 g/mol. The molecule has 0 atom stereocenters. The molecule has 2 aromatic carbocycles. The van der Waals surface area contributed by atoms with E-state index in [1.54, 1.807) is 0 Å². The average molecular weight is 350 g/mol. The molecular formula is C13H10Cl2FNO3S. The third kappa shape index (κ3) is 3.65. The van der Waals surface area contributed by atoms with Crippen LogP contribution in [0, 0.1) is 5.82 Å². The van der Waals surface area contributed by atoms with Crippen molar-refractivity contribution in [3.8, 4) is 0 Å². The summed E-state index contributed by atoms with van der Waals surface area (Å²) in [5.74, 6) is -0.580. The molecule has 0 heterocycles. The van der Waals surface area contributed by atoms with E-state index in [4.69, 9.17) is 28.3 Å². The van der Waals surface area contributed by atoms with Crippen molar-refractivity contribution in [3.63, 3.8) is 0 Å². The average Bonchev–Trinajstić information content (AvgIpc) is 2.42. The lowest BCUT2D eigenvalue weighted by atomic mass is 10.2. The number of anilines is 1. The molecule has 0 aromatic heterocycles.